The SMILES string of the molecule is CCNCCNCCc1ccc(OC)c(Cl)c1. The van der Waals surface area contributed by atoms with Gasteiger partial charge < -0.3 is 15.4 Å². The molecule has 1 rings (SSSR count). The normalized spacial score (nSPS) is 10.5. The van der Waals surface area contributed by atoms with Gasteiger partial charge in [0.15, 0.2) is 0 Å². The quantitative estimate of drug-likeness (QED) is 0.699. The summed E-state index contributed by atoms with van der Waals surface area (Å²) in [5, 5.41) is 7.33. The lowest BCUT2D eigenvalue weighted by Crippen LogP contribution is -2.28. The molecule has 17 heavy (non-hydrogen) atoms. The number of rotatable bonds is 8. The lowest BCUT2D eigenvalue weighted by atomic mass is 10.1. The number of likely N-dealkylation sites (N-methyl/N-ethyl adjacent to an activating group) is 1. The van der Waals surface area contributed by atoms with Crippen LogP contribution in [0.15, 0.2) is 18.2 Å². The zero-order chi connectivity index (χ0) is 12.5. The van der Waals surface area contributed by atoms with Gasteiger partial charge in [-0.25, -0.2) is 0 Å². The van der Waals surface area contributed by atoms with Gasteiger partial charge in [-0.15, -0.1) is 0 Å². The highest BCUT2D eigenvalue weighted by molar-refractivity contribution is 6.32. The molecule has 0 radical (unpaired) electrons. The Labute approximate surface area is 109 Å². The van der Waals surface area contributed by atoms with Crippen LogP contribution in [0.2, 0.25) is 5.02 Å². The molecule has 0 amide bonds. The number of halogens is 1. The van der Waals surface area contributed by atoms with E-state index < -0.39 is 0 Å². The number of methoxy groups -OCH3 is 1. The number of hydrogen-bond acceptors (Lipinski definition) is 3. The predicted molar refractivity (Wildman–Crippen MR) is 73.1 cm³/mol. The molecular formula is C13H21ClN2O. The van der Waals surface area contributed by atoms with Crippen molar-refractivity contribution in [3.8, 4) is 5.75 Å². The van der Waals surface area contributed by atoms with Gasteiger partial charge in [-0.3, -0.25) is 0 Å². The van der Waals surface area contributed by atoms with Gasteiger partial charge in [0.05, 0.1) is 12.1 Å². The Kier molecular flexibility index (Phi) is 7.01. The van der Waals surface area contributed by atoms with Gasteiger partial charge in [0.25, 0.3) is 0 Å². The molecule has 0 unspecified atom stereocenters. The molecule has 0 saturated carbocycles. The topological polar surface area (TPSA) is 33.3 Å². The summed E-state index contributed by atoms with van der Waals surface area (Å²) in [6.45, 7) is 6.11. The van der Waals surface area contributed by atoms with Crippen LogP contribution in [0.5, 0.6) is 5.75 Å². The van der Waals surface area contributed by atoms with E-state index >= 15 is 0 Å². The van der Waals surface area contributed by atoms with Crippen LogP contribution in [0.25, 0.3) is 0 Å². The van der Waals surface area contributed by atoms with Gasteiger partial charge in [0, 0.05) is 13.1 Å². The molecule has 1 aromatic carbocycles. The standard InChI is InChI=1S/C13H21ClN2O/c1-3-15-8-9-16-7-6-11-4-5-13(17-2)12(14)10-11/h4-5,10,15-16H,3,6-9H2,1-2H3. The zero-order valence-corrected chi connectivity index (χ0v) is 11.3. The number of benzene rings is 1. The first-order valence-corrected chi connectivity index (χ1v) is 6.39. The van der Waals surface area contributed by atoms with Crippen molar-refractivity contribution in [1.82, 2.24) is 10.6 Å². The largest absolute Gasteiger partial charge is 0.495 e. The molecule has 1 aromatic rings. The lowest BCUT2D eigenvalue weighted by molar-refractivity contribution is 0.415. The Balaban J connectivity index is 2.25. The van der Waals surface area contributed by atoms with Gasteiger partial charge in [-0.05, 0) is 37.2 Å². The molecule has 96 valence electrons. The molecule has 0 saturated heterocycles. The van der Waals surface area contributed by atoms with Crippen LogP contribution in [0.4, 0.5) is 0 Å². The van der Waals surface area contributed by atoms with Crippen molar-refractivity contribution >= 4 is 11.6 Å². The van der Waals surface area contributed by atoms with Gasteiger partial charge in [-0.2, -0.15) is 0 Å². The molecule has 0 bridgehead atoms. The van der Waals surface area contributed by atoms with Crippen molar-refractivity contribution in [3.63, 3.8) is 0 Å². The monoisotopic (exact) mass is 256 g/mol. The van der Waals surface area contributed by atoms with Gasteiger partial charge >= 0.3 is 0 Å². The molecular weight excluding hydrogens is 236 g/mol. The fourth-order valence-electron chi connectivity index (χ4n) is 1.58. The van der Waals surface area contributed by atoms with Crippen LogP contribution in [-0.2, 0) is 6.42 Å². The third-order valence-electron chi connectivity index (χ3n) is 2.54. The van der Waals surface area contributed by atoms with Crippen LogP contribution >= 0.6 is 11.6 Å². The fraction of sp³-hybridized carbons (Fsp3) is 0.538. The van der Waals surface area contributed by atoms with Crippen LogP contribution in [-0.4, -0.2) is 33.3 Å². The third kappa shape index (κ3) is 5.39. The Morgan fingerprint density at radius 1 is 1.18 bits per heavy atom. The molecule has 0 aliphatic carbocycles. The highest BCUT2D eigenvalue weighted by Crippen LogP contribution is 2.24. The van der Waals surface area contributed by atoms with E-state index in [0.717, 1.165) is 38.3 Å². The van der Waals surface area contributed by atoms with Crippen LogP contribution in [0.1, 0.15) is 12.5 Å². The molecule has 0 aliphatic rings. The summed E-state index contributed by atoms with van der Waals surface area (Å²) < 4.78 is 5.11. The first-order valence-electron chi connectivity index (χ1n) is 6.01. The summed E-state index contributed by atoms with van der Waals surface area (Å²) in [6, 6.07) is 5.93. The van der Waals surface area contributed by atoms with E-state index in [4.69, 9.17) is 16.3 Å². The summed E-state index contributed by atoms with van der Waals surface area (Å²) in [5.41, 5.74) is 1.23. The summed E-state index contributed by atoms with van der Waals surface area (Å²) in [6.07, 6.45) is 0.982. The first-order chi connectivity index (χ1) is 8.27. The molecule has 0 aliphatic heterocycles. The zero-order valence-electron chi connectivity index (χ0n) is 10.6. The smallest absolute Gasteiger partial charge is 0.137 e. The van der Waals surface area contributed by atoms with E-state index in [2.05, 4.69) is 23.6 Å². The van der Waals surface area contributed by atoms with Crippen molar-refractivity contribution in [2.45, 2.75) is 13.3 Å². The first kappa shape index (κ1) is 14.3. The highest BCUT2D eigenvalue weighted by Gasteiger charge is 2.01. The molecule has 0 fully saturated rings. The highest BCUT2D eigenvalue weighted by atomic mass is 35.5. The van der Waals surface area contributed by atoms with Crippen LogP contribution in [0, 0.1) is 0 Å². The molecule has 4 heteroatoms. The molecule has 0 spiro atoms. The maximum atomic E-state index is 6.06. The summed E-state index contributed by atoms with van der Waals surface area (Å²) in [7, 11) is 1.63. The molecule has 2 N–H and O–H groups in total. The van der Waals surface area contributed by atoms with E-state index in [1.54, 1.807) is 7.11 Å². The third-order valence-corrected chi connectivity index (χ3v) is 2.83. The number of ether oxygens (including phenoxy) is 1. The van der Waals surface area contributed by atoms with Gasteiger partial charge in [0.1, 0.15) is 5.75 Å². The summed E-state index contributed by atoms with van der Waals surface area (Å²) in [4.78, 5) is 0. The predicted octanol–water partition coefficient (Wildman–Crippen LogP) is 2.09. The molecule has 3 nitrogen and oxygen atoms in total. The summed E-state index contributed by atoms with van der Waals surface area (Å²) in [5.74, 6) is 0.732. The summed E-state index contributed by atoms with van der Waals surface area (Å²) >= 11 is 6.06. The molecule has 0 aromatic heterocycles. The maximum Gasteiger partial charge on any atom is 0.137 e. The maximum absolute atomic E-state index is 6.06. The second kappa shape index (κ2) is 8.34. The van der Waals surface area contributed by atoms with E-state index in [1.165, 1.54) is 5.56 Å². The van der Waals surface area contributed by atoms with E-state index in [1.807, 2.05) is 12.1 Å². The van der Waals surface area contributed by atoms with Crippen molar-refractivity contribution < 1.29 is 4.74 Å². The molecule has 0 heterocycles. The van der Waals surface area contributed by atoms with E-state index in [9.17, 15) is 0 Å². The lowest BCUT2D eigenvalue weighted by Gasteiger charge is -2.07. The Morgan fingerprint density at radius 2 is 1.94 bits per heavy atom. The second-order valence-corrected chi connectivity index (χ2v) is 4.23. The Bertz CT molecular complexity index is 331. The van der Waals surface area contributed by atoms with Crippen molar-refractivity contribution in [2.24, 2.45) is 0 Å². The minimum absolute atomic E-state index is 0.678. The van der Waals surface area contributed by atoms with Crippen molar-refractivity contribution in [2.75, 3.05) is 33.3 Å². The average molecular weight is 257 g/mol. The van der Waals surface area contributed by atoms with Crippen LogP contribution in [0.3, 0.4) is 0 Å². The fourth-order valence-corrected chi connectivity index (χ4v) is 1.86. The van der Waals surface area contributed by atoms with Gasteiger partial charge in [0.2, 0.25) is 0 Å². The minimum Gasteiger partial charge on any atom is -0.495 e. The van der Waals surface area contributed by atoms with Crippen LogP contribution < -0.4 is 15.4 Å². The molecule has 0 atom stereocenters. The second-order valence-electron chi connectivity index (χ2n) is 3.82. The van der Waals surface area contributed by atoms with Crippen molar-refractivity contribution in [1.29, 1.82) is 0 Å². The van der Waals surface area contributed by atoms with E-state index in [-0.39, 0.29) is 0 Å². The average Bonchev–Trinajstić information content (AvgIpc) is 2.34. The Hall–Kier alpha value is -0.770. The van der Waals surface area contributed by atoms with Crippen molar-refractivity contribution in [3.05, 3.63) is 28.8 Å². The van der Waals surface area contributed by atoms with Gasteiger partial charge in [-0.1, -0.05) is 24.6 Å². The number of nitrogens with one attached hydrogen (secondary N) is 2. The number of hydrogen-bond donors (Lipinski definition) is 2. The minimum atomic E-state index is 0.678. The Morgan fingerprint density at radius 3 is 2.59 bits per heavy atom. The van der Waals surface area contributed by atoms with E-state index in [0.29, 0.717) is 5.02 Å².